The number of quaternary nitrogens is 1. The molecule has 22 heavy (non-hydrogen) atoms. The Bertz CT molecular complexity index is 671. The van der Waals surface area contributed by atoms with Crippen molar-refractivity contribution in [2.75, 3.05) is 11.9 Å². The summed E-state index contributed by atoms with van der Waals surface area (Å²) in [5.41, 5.74) is 7.18. The first kappa shape index (κ1) is 16.0. The van der Waals surface area contributed by atoms with Crippen LogP contribution in [0.3, 0.4) is 0 Å². The average molecular weight is 319 g/mol. The van der Waals surface area contributed by atoms with Crippen LogP contribution in [0.2, 0.25) is 5.02 Å². The Balaban J connectivity index is 1.80. The Hall–Kier alpha value is -2.37. The van der Waals surface area contributed by atoms with Crippen molar-refractivity contribution in [1.29, 1.82) is 0 Å². The molecule has 0 aliphatic heterocycles. The normalized spacial score (nSPS) is 10.2. The SMILES string of the molecule is NC(=O)c1ccc(NC(=O)C[NH2+]Cc2ccccc2Cl)cc1. The van der Waals surface area contributed by atoms with Gasteiger partial charge in [0.15, 0.2) is 6.54 Å². The highest BCUT2D eigenvalue weighted by molar-refractivity contribution is 6.31. The fourth-order valence-electron chi connectivity index (χ4n) is 1.95. The predicted molar refractivity (Wildman–Crippen MR) is 85.5 cm³/mol. The van der Waals surface area contributed by atoms with Gasteiger partial charge in [-0.1, -0.05) is 29.8 Å². The maximum absolute atomic E-state index is 11.8. The number of rotatable bonds is 6. The van der Waals surface area contributed by atoms with E-state index in [0.29, 0.717) is 22.8 Å². The van der Waals surface area contributed by atoms with Gasteiger partial charge in [-0.15, -0.1) is 0 Å². The molecule has 0 bridgehead atoms. The van der Waals surface area contributed by atoms with Gasteiger partial charge in [-0.2, -0.15) is 0 Å². The standard InChI is InChI=1S/C16H16ClN3O2/c17-14-4-2-1-3-12(14)9-19-10-15(21)20-13-7-5-11(6-8-13)16(18)22/h1-8,19H,9-10H2,(H2,18,22)(H,20,21)/p+1. The molecule has 0 unspecified atom stereocenters. The molecule has 0 atom stereocenters. The maximum atomic E-state index is 11.8. The summed E-state index contributed by atoms with van der Waals surface area (Å²) in [6.45, 7) is 0.913. The van der Waals surface area contributed by atoms with Crippen LogP contribution in [-0.2, 0) is 11.3 Å². The number of nitrogens with one attached hydrogen (secondary N) is 1. The lowest BCUT2D eigenvalue weighted by atomic mass is 10.2. The molecule has 0 spiro atoms. The number of hydrogen-bond donors (Lipinski definition) is 3. The lowest BCUT2D eigenvalue weighted by Crippen LogP contribution is -2.84. The topological polar surface area (TPSA) is 88.8 Å². The summed E-state index contributed by atoms with van der Waals surface area (Å²) >= 11 is 6.05. The largest absolute Gasteiger partial charge is 0.366 e. The van der Waals surface area contributed by atoms with Crippen LogP contribution in [0, 0.1) is 0 Å². The third kappa shape index (κ3) is 4.58. The zero-order chi connectivity index (χ0) is 15.9. The van der Waals surface area contributed by atoms with Gasteiger partial charge in [-0.05, 0) is 30.3 Å². The van der Waals surface area contributed by atoms with Crippen molar-refractivity contribution < 1.29 is 14.9 Å². The van der Waals surface area contributed by atoms with Gasteiger partial charge in [-0.25, -0.2) is 0 Å². The second-order valence-electron chi connectivity index (χ2n) is 4.78. The molecule has 0 aromatic heterocycles. The van der Waals surface area contributed by atoms with Crippen LogP contribution in [0.25, 0.3) is 0 Å². The van der Waals surface area contributed by atoms with Crippen LogP contribution >= 0.6 is 11.6 Å². The minimum atomic E-state index is -0.494. The van der Waals surface area contributed by atoms with E-state index in [1.807, 2.05) is 29.6 Å². The summed E-state index contributed by atoms with van der Waals surface area (Å²) in [6, 6.07) is 14.0. The third-order valence-electron chi connectivity index (χ3n) is 3.10. The quantitative estimate of drug-likeness (QED) is 0.745. The number of nitrogens with two attached hydrogens (primary N) is 2. The second kappa shape index (κ2) is 7.59. The first-order valence-electron chi connectivity index (χ1n) is 6.81. The fourth-order valence-corrected chi connectivity index (χ4v) is 2.17. The Morgan fingerprint density at radius 2 is 1.77 bits per heavy atom. The number of anilines is 1. The zero-order valence-corrected chi connectivity index (χ0v) is 12.6. The van der Waals surface area contributed by atoms with E-state index in [-0.39, 0.29) is 12.5 Å². The predicted octanol–water partition coefficient (Wildman–Crippen LogP) is 1.14. The van der Waals surface area contributed by atoms with Crippen LogP contribution < -0.4 is 16.4 Å². The van der Waals surface area contributed by atoms with Crippen molar-refractivity contribution in [2.45, 2.75) is 6.54 Å². The van der Waals surface area contributed by atoms with Crippen molar-refractivity contribution in [3.63, 3.8) is 0 Å². The van der Waals surface area contributed by atoms with Crippen LogP contribution in [0.15, 0.2) is 48.5 Å². The zero-order valence-electron chi connectivity index (χ0n) is 11.9. The van der Waals surface area contributed by atoms with E-state index in [2.05, 4.69) is 5.32 Å². The highest BCUT2D eigenvalue weighted by atomic mass is 35.5. The van der Waals surface area contributed by atoms with E-state index in [1.54, 1.807) is 24.3 Å². The Morgan fingerprint density at radius 3 is 2.41 bits per heavy atom. The van der Waals surface area contributed by atoms with E-state index in [4.69, 9.17) is 17.3 Å². The minimum Gasteiger partial charge on any atom is -0.366 e. The summed E-state index contributed by atoms with van der Waals surface area (Å²) in [4.78, 5) is 22.8. The van der Waals surface area contributed by atoms with Crippen molar-refractivity contribution in [1.82, 2.24) is 0 Å². The molecule has 5 N–H and O–H groups in total. The smallest absolute Gasteiger partial charge is 0.279 e. The van der Waals surface area contributed by atoms with Gasteiger partial charge in [0, 0.05) is 21.8 Å². The lowest BCUT2D eigenvalue weighted by molar-refractivity contribution is -0.659. The average Bonchev–Trinajstić information content (AvgIpc) is 2.50. The van der Waals surface area contributed by atoms with E-state index in [1.165, 1.54) is 0 Å². The number of primary amides is 1. The highest BCUT2D eigenvalue weighted by Gasteiger charge is 2.07. The van der Waals surface area contributed by atoms with Gasteiger partial charge >= 0.3 is 0 Å². The molecule has 0 aliphatic carbocycles. The number of hydrogen-bond acceptors (Lipinski definition) is 2. The summed E-state index contributed by atoms with van der Waals surface area (Å²) in [5.74, 6) is -0.621. The number of carbonyl (C=O) groups is 2. The van der Waals surface area contributed by atoms with Crippen LogP contribution in [0.1, 0.15) is 15.9 Å². The van der Waals surface area contributed by atoms with E-state index in [9.17, 15) is 9.59 Å². The Labute approximate surface area is 133 Å². The molecule has 5 nitrogen and oxygen atoms in total. The van der Waals surface area contributed by atoms with Crippen molar-refractivity contribution in [3.05, 3.63) is 64.7 Å². The van der Waals surface area contributed by atoms with E-state index >= 15 is 0 Å². The monoisotopic (exact) mass is 318 g/mol. The van der Waals surface area contributed by atoms with Crippen LogP contribution in [0.4, 0.5) is 5.69 Å². The number of carbonyl (C=O) groups excluding carboxylic acids is 2. The first-order chi connectivity index (χ1) is 10.6. The lowest BCUT2D eigenvalue weighted by Gasteiger charge is -2.06. The first-order valence-corrected chi connectivity index (χ1v) is 7.19. The van der Waals surface area contributed by atoms with E-state index < -0.39 is 5.91 Å². The summed E-state index contributed by atoms with van der Waals surface area (Å²) in [7, 11) is 0. The molecule has 0 saturated heterocycles. The van der Waals surface area contributed by atoms with Gasteiger partial charge in [0.25, 0.3) is 5.91 Å². The number of halogens is 1. The molecule has 2 rings (SSSR count). The third-order valence-corrected chi connectivity index (χ3v) is 3.47. The molecule has 2 aromatic carbocycles. The molecule has 2 amide bonds. The summed E-state index contributed by atoms with van der Waals surface area (Å²) in [5, 5.41) is 5.32. The van der Waals surface area contributed by atoms with Crippen molar-refractivity contribution in [2.24, 2.45) is 5.73 Å². The van der Waals surface area contributed by atoms with Gasteiger partial charge in [0.05, 0.1) is 0 Å². The van der Waals surface area contributed by atoms with Gasteiger partial charge < -0.3 is 16.4 Å². The minimum absolute atomic E-state index is 0.126. The molecular weight excluding hydrogens is 302 g/mol. The molecule has 0 aliphatic rings. The molecule has 0 fully saturated rings. The van der Waals surface area contributed by atoms with Gasteiger partial charge in [-0.3, -0.25) is 9.59 Å². The molecular formula is C16H17ClN3O2+. The molecule has 2 aromatic rings. The van der Waals surface area contributed by atoms with Crippen LogP contribution in [0.5, 0.6) is 0 Å². The summed E-state index contributed by atoms with van der Waals surface area (Å²) in [6.07, 6.45) is 0. The molecule has 0 saturated carbocycles. The molecule has 0 heterocycles. The molecule has 0 radical (unpaired) electrons. The second-order valence-corrected chi connectivity index (χ2v) is 5.19. The van der Waals surface area contributed by atoms with Crippen molar-refractivity contribution in [3.8, 4) is 0 Å². The number of benzene rings is 2. The van der Waals surface area contributed by atoms with Crippen LogP contribution in [-0.4, -0.2) is 18.4 Å². The van der Waals surface area contributed by atoms with Crippen molar-refractivity contribution >= 4 is 29.1 Å². The fraction of sp³-hybridized carbons (Fsp3) is 0.125. The Morgan fingerprint density at radius 1 is 1.09 bits per heavy atom. The van der Waals surface area contributed by atoms with Gasteiger partial charge in [0.1, 0.15) is 6.54 Å². The van der Waals surface area contributed by atoms with Gasteiger partial charge in [0.2, 0.25) is 5.91 Å². The Kier molecular flexibility index (Phi) is 5.52. The maximum Gasteiger partial charge on any atom is 0.279 e. The molecule has 114 valence electrons. The van der Waals surface area contributed by atoms with E-state index in [0.717, 1.165) is 5.56 Å². The molecule has 6 heteroatoms. The highest BCUT2D eigenvalue weighted by Crippen LogP contribution is 2.13. The number of amides is 2. The summed E-state index contributed by atoms with van der Waals surface area (Å²) < 4.78 is 0.